The summed E-state index contributed by atoms with van der Waals surface area (Å²) < 4.78 is 5.62. The number of nitrogens with zero attached hydrogens (tertiary/aromatic N) is 4. The van der Waals surface area contributed by atoms with E-state index in [4.69, 9.17) is 4.74 Å². The molecule has 0 saturated carbocycles. The van der Waals surface area contributed by atoms with Gasteiger partial charge in [-0.1, -0.05) is 6.07 Å². The Kier molecular flexibility index (Phi) is 5.48. The Morgan fingerprint density at radius 1 is 1.15 bits per heavy atom. The molecule has 7 nitrogen and oxygen atoms in total. The second-order valence-corrected chi connectivity index (χ2v) is 6.91. The highest BCUT2D eigenvalue weighted by Gasteiger charge is 2.23. The van der Waals surface area contributed by atoms with E-state index in [0.29, 0.717) is 18.7 Å². The van der Waals surface area contributed by atoms with E-state index in [-0.39, 0.29) is 12.0 Å². The van der Waals surface area contributed by atoms with Crippen molar-refractivity contribution < 1.29 is 9.53 Å². The third-order valence-electron chi connectivity index (χ3n) is 5.08. The first-order chi connectivity index (χ1) is 13.3. The van der Waals surface area contributed by atoms with Gasteiger partial charge in [0.25, 0.3) is 5.91 Å². The van der Waals surface area contributed by atoms with Crippen LogP contribution in [0.4, 0.5) is 11.6 Å². The minimum absolute atomic E-state index is 0.0539. The molecule has 0 spiro atoms. The number of amides is 1. The summed E-state index contributed by atoms with van der Waals surface area (Å²) in [5.74, 6) is 1.75. The van der Waals surface area contributed by atoms with E-state index in [0.717, 1.165) is 50.7 Å². The minimum atomic E-state index is 0.0539. The van der Waals surface area contributed by atoms with Crippen molar-refractivity contribution in [3.05, 3.63) is 48.3 Å². The zero-order chi connectivity index (χ0) is 18.5. The molecule has 142 valence electrons. The molecule has 27 heavy (non-hydrogen) atoms. The van der Waals surface area contributed by atoms with Crippen molar-refractivity contribution >= 4 is 17.5 Å². The summed E-state index contributed by atoms with van der Waals surface area (Å²) >= 11 is 0. The van der Waals surface area contributed by atoms with Gasteiger partial charge in [-0.2, -0.15) is 0 Å². The quantitative estimate of drug-likeness (QED) is 0.872. The smallest absolute Gasteiger partial charge is 0.254 e. The highest BCUT2D eigenvalue weighted by Crippen LogP contribution is 2.17. The summed E-state index contributed by atoms with van der Waals surface area (Å²) in [4.78, 5) is 25.7. The van der Waals surface area contributed by atoms with Crippen LogP contribution in [0, 0.1) is 0 Å². The van der Waals surface area contributed by atoms with Crippen LogP contribution in [-0.4, -0.2) is 66.2 Å². The number of hydrogen-bond donors (Lipinski definition) is 1. The number of piperazine rings is 1. The number of carbonyl (C=O) groups is 1. The Bertz CT molecular complexity index is 756. The molecule has 2 aliphatic heterocycles. The van der Waals surface area contributed by atoms with Gasteiger partial charge in [0.2, 0.25) is 0 Å². The minimum Gasteiger partial charge on any atom is -0.376 e. The summed E-state index contributed by atoms with van der Waals surface area (Å²) in [5.41, 5.74) is 0.672. The first-order valence-electron chi connectivity index (χ1n) is 9.56. The van der Waals surface area contributed by atoms with Crippen LogP contribution in [0.1, 0.15) is 23.2 Å². The van der Waals surface area contributed by atoms with Crippen molar-refractivity contribution in [1.29, 1.82) is 0 Å². The van der Waals surface area contributed by atoms with Gasteiger partial charge in [-0.15, -0.1) is 0 Å². The summed E-state index contributed by atoms with van der Waals surface area (Å²) in [6, 6.07) is 9.53. The van der Waals surface area contributed by atoms with Crippen LogP contribution in [-0.2, 0) is 4.74 Å². The SMILES string of the molecule is O=C(c1ccnc(NCC2CCCO2)c1)N1CCN(c2ccccn2)CC1. The number of pyridine rings is 2. The van der Waals surface area contributed by atoms with Gasteiger partial charge in [0.1, 0.15) is 11.6 Å². The van der Waals surface area contributed by atoms with E-state index < -0.39 is 0 Å². The molecule has 0 radical (unpaired) electrons. The lowest BCUT2D eigenvalue weighted by atomic mass is 10.2. The van der Waals surface area contributed by atoms with Crippen molar-refractivity contribution in [2.24, 2.45) is 0 Å². The largest absolute Gasteiger partial charge is 0.376 e. The standard InChI is InChI=1S/C20H25N5O2/c26-20(25-11-9-24(10-12-25)19-5-1-2-7-22-19)16-6-8-21-18(14-16)23-15-17-4-3-13-27-17/h1-2,5-8,14,17H,3-4,9-13,15H2,(H,21,23). The van der Waals surface area contributed by atoms with Gasteiger partial charge in [0.15, 0.2) is 0 Å². The van der Waals surface area contributed by atoms with Gasteiger partial charge in [-0.3, -0.25) is 4.79 Å². The Morgan fingerprint density at radius 3 is 2.78 bits per heavy atom. The summed E-state index contributed by atoms with van der Waals surface area (Å²) in [6.45, 7) is 4.53. The van der Waals surface area contributed by atoms with Gasteiger partial charge in [-0.25, -0.2) is 9.97 Å². The molecule has 1 amide bonds. The first kappa shape index (κ1) is 17.7. The van der Waals surface area contributed by atoms with Crippen LogP contribution < -0.4 is 10.2 Å². The molecule has 1 unspecified atom stereocenters. The van der Waals surface area contributed by atoms with Crippen LogP contribution in [0.5, 0.6) is 0 Å². The fourth-order valence-electron chi connectivity index (χ4n) is 3.55. The summed E-state index contributed by atoms with van der Waals surface area (Å²) in [5, 5.41) is 3.29. The Hall–Kier alpha value is -2.67. The van der Waals surface area contributed by atoms with Gasteiger partial charge >= 0.3 is 0 Å². The zero-order valence-electron chi connectivity index (χ0n) is 15.4. The molecule has 2 fully saturated rings. The number of rotatable bonds is 5. The van der Waals surface area contributed by atoms with E-state index in [2.05, 4.69) is 20.2 Å². The fraction of sp³-hybridized carbons (Fsp3) is 0.450. The van der Waals surface area contributed by atoms with Gasteiger partial charge in [-0.05, 0) is 37.1 Å². The second-order valence-electron chi connectivity index (χ2n) is 6.91. The van der Waals surface area contributed by atoms with Crippen LogP contribution in [0.3, 0.4) is 0 Å². The number of ether oxygens (including phenoxy) is 1. The topological polar surface area (TPSA) is 70.6 Å². The molecule has 1 N–H and O–H groups in total. The molecular formula is C20H25N5O2. The van der Waals surface area contributed by atoms with Gasteiger partial charge in [0.05, 0.1) is 6.10 Å². The van der Waals surface area contributed by atoms with E-state index in [1.54, 1.807) is 18.5 Å². The van der Waals surface area contributed by atoms with E-state index in [1.165, 1.54) is 0 Å². The van der Waals surface area contributed by atoms with E-state index in [1.807, 2.05) is 29.2 Å². The van der Waals surface area contributed by atoms with Crippen LogP contribution in [0.15, 0.2) is 42.7 Å². The number of carbonyl (C=O) groups excluding carboxylic acids is 1. The highest BCUT2D eigenvalue weighted by molar-refractivity contribution is 5.95. The molecule has 0 aliphatic carbocycles. The number of anilines is 2. The average molecular weight is 367 g/mol. The fourth-order valence-corrected chi connectivity index (χ4v) is 3.55. The third-order valence-corrected chi connectivity index (χ3v) is 5.08. The summed E-state index contributed by atoms with van der Waals surface area (Å²) in [7, 11) is 0. The first-order valence-corrected chi connectivity index (χ1v) is 9.56. The lowest BCUT2D eigenvalue weighted by Gasteiger charge is -2.35. The predicted octanol–water partition coefficient (Wildman–Crippen LogP) is 2.03. The Morgan fingerprint density at radius 2 is 2.04 bits per heavy atom. The van der Waals surface area contributed by atoms with Crippen molar-refractivity contribution in [3.8, 4) is 0 Å². The Labute approximate surface area is 159 Å². The van der Waals surface area contributed by atoms with Crippen LogP contribution >= 0.6 is 0 Å². The molecule has 4 heterocycles. The van der Waals surface area contributed by atoms with Gasteiger partial charge in [0, 0.05) is 57.3 Å². The van der Waals surface area contributed by atoms with Crippen LogP contribution in [0.2, 0.25) is 0 Å². The number of aromatic nitrogens is 2. The zero-order valence-corrected chi connectivity index (χ0v) is 15.4. The lowest BCUT2D eigenvalue weighted by Crippen LogP contribution is -2.49. The van der Waals surface area contributed by atoms with Crippen molar-refractivity contribution in [2.45, 2.75) is 18.9 Å². The number of nitrogens with one attached hydrogen (secondary N) is 1. The maximum atomic E-state index is 12.9. The van der Waals surface area contributed by atoms with Gasteiger partial charge < -0.3 is 19.9 Å². The molecular weight excluding hydrogens is 342 g/mol. The summed E-state index contributed by atoms with van der Waals surface area (Å²) in [6.07, 6.45) is 5.92. The van der Waals surface area contributed by atoms with E-state index >= 15 is 0 Å². The molecule has 0 bridgehead atoms. The molecule has 2 aromatic heterocycles. The van der Waals surface area contributed by atoms with E-state index in [9.17, 15) is 4.79 Å². The molecule has 0 aromatic carbocycles. The normalized spacial score (nSPS) is 19.9. The molecule has 4 rings (SSSR count). The highest BCUT2D eigenvalue weighted by atomic mass is 16.5. The molecule has 2 aromatic rings. The third kappa shape index (κ3) is 4.36. The Balaban J connectivity index is 1.33. The molecule has 1 atom stereocenters. The average Bonchev–Trinajstić information content (AvgIpc) is 3.26. The molecule has 7 heteroatoms. The molecule has 2 aliphatic rings. The van der Waals surface area contributed by atoms with Crippen molar-refractivity contribution in [2.75, 3.05) is 49.5 Å². The monoisotopic (exact) mass is 367 g/mol. The predicted molar refractivity (Wildman–Crippen MR) is 104 cm³/mol. The maximum Gasteiger partial charge on any atom is 0.254 e. The maximum absolute atomic E-state index is 12.9. The van der Waals surface area contributed by atoms with Crippen molar-refractivity contribution in [3.63, 3.8) is 0 Å². The van der Waals surface area contributed by atoms with Crippen molar-refractivity contribution in [1.82, 2.24) is 14.9 Å². The number of hydrogen-bond acceptors (Lipinski definition) is 6. The lowest BCUT2D eigenvalue weighted by molar-refractivity contribution is 0.0746. The second kappa shape index (κ2) is 8.35. The molecule has 2 saturated heterocycles. The van der Waals surface area contributed by atoms with Crippen LogP contribution in [0.25, 0.3) is 0 Å².